The number of hydrogen-bond donors (Lipinski definition) is 3. The number of fused-ring (bicyclic) bond motifs is 2. The second kappa shape index (κ2) is 8.79. The Kier molecular flexibility index (Phi) is 7.06. The van der Waals surface area contributed by atoms with Crippen molar-refractivity contribution in [1.82, 2.24) is 14.3 Å². The first-order valence-electron chi connectivity index (χ1n) is 9.35. The summed E-state index contributed by atoms with van der Waals surface area (Å²) < 4.78 is 28.8. The van der Waals surface area contributed by atoms with Gasteiger partial charge in [0.25, 0.3) is 0 Å². The minimum absolute atomic E-state index is 0. The largest absolute Gasteiger partial charge is 0.333 e. The molecule has 3 N–H and O–H groups in total. The maximum Gasteiger partial charge on any atom is 0.333 e. The summed E-state index contributed by atoms with van der Waals surface area (Å²) >= 11 is 0. The van der Waals surface area contributed by atoms with Crippen molar-refractivity contribution in [3.05, 3.63) is 28.3 Å². The number of likely N-dealkylation sites (tertiary alicyclic amines) is 1. The molecule has 0 atom stereocenters. The Morgan fingerprint density at radius 1 is 1.11 bits per heavy atom. The molecule has 27 heavy (non-hydrogen) atoms. The van der Waals surface area contributed by atoms with Crippen molar-refractivity contribution < 1.29 is 13.2 Å². The summed E-state index contributed by atoms with van der Waals surface area (Å²) in [5.74, 6) is 0.306. The van der Waals surface area contributed by atoms with Crippen LogP contribution in [0.2, 0.25) is 0 Å². The third-order valence-corrected chi connectivity index (χ3v) is 6.64. The summed E-state index contributed by atoms with van der Waals surface area (Å²) in [6.07, 6.45) is 6.13. The Labute approximate surface area is 203 Å². The molecule has 0 saturated carbocycles. The zero-order chi connectivity index (χ0) is 18.3. The van der Waals surface area contributed by atoms with Gasteiger partial charge in [0.05, 0.1) is 0 Å². The fraction of sp³-hybridized carbons (Fsp3) is 0.611. The van der Waals surface area contributed by atoms with E-state index in [0.29, 0.717) is 12.5 Å². The van der Waals surface area contributed by atoms with E-state index in [-0.39, 0.29) is 51.4 Å². The van der Waals surface area contributed by atoms with Gasteiger partial charge < -0.3 is 10.2 Å². The van der Waals surface area contributed by atoms with Crippen LogP contribution in [0.1, 0.15) is 35.1 Å². The number of urea groups is 1. The topological polar surface area (TPSA) is 90.5 Å². The van der Waals surface area contributed by atoms with Gasteiger partial charge >= 0.3 is 16.2 Å². The number of carbonyl (C=O) groups is 1. The van der Waals surface area contributed by atoms with Crippen molar-refractivity contribution in [2.24, 2.45) is 5.92 Å². The number of anilines is 1. The summed E-state index contributed by atoms with van der Waals surface area (Å²) in [5, 5.41) is 2.84. The third-order valence-electron chi connectivity index (χ3n) is 5.64. The second-order valence-electron chi connectivity index (χ2n) is 7.73. The Bertz CT molecular complexity index is 805. The second-order valence-corrected chi connectivity index (χ2v) is 9.23. The minimum Gasteiger partial charge on any atom is -0.307 e. The quantitative estimate of drug-likeness (QED) is 0.618. The molecule has 0 unspecified atom stereocenters. The van der Waals surface area contributed by atoms with E-state index in [9.17, 15) is 13.2 Å². The maximum absolute atomic E-state index is 12.4. The van der Waals surface area contributed by atoms with E-state index in [4.69, 9.17) is 0 Å². The molecule has 2 amide bonds. The Balaban J connectivity index is 0.00000210. The fourth-order valence-corrected chi connectivity index (χ4v) is 5.27. The van der Waals surface area contributed by atoms with E-state index >= 15 is 0 Å². The molecule has 0 bridgehead atoms. The first kappa shape index (κ1) is 21.7. The predicted molar refractivity (Wildman–Crippen MR) is 106 cm³/mol. The number of benzene rings is 1. The molecule has 143 valence electrons. The summed E-state index contributed by atoms with van der Waals surface area (Å²) in [5.41, 5.74) is 5.82. The van der Waals surface area contributed by atoms with Crippen LogP contribution in [0.3, 0.4) is 0 Å². The molecule has 1 aromatic carbocycles. The van der Waals surface area contributed by atoms with Crippen LogP contribution in [0.15, 0.2) is 6.07 Å². The number of nitrogens with zero attached hydrogens (tertiary/aromatic N) is 1. The van der Waals surface area contributed by atoms with E-state index in [1.165, 1.54) is 22.3 Å². The molecule has 1 aromatic rings. The molecule has 2 aliphatic carbocycles. The van der Waals surface area contributed by atoms with Gasteiger partial charge in [-0.3, -0.25) is 0 Å². The molecule has 3 aliphatic rings. The number of aryl methyl sites for hydroxylation is 2. The minimum atomic E-state index is -3.85. The Morgan fingerprint density at radius 2 is 1.70 bits per heavy atom. The van der Waals surface area contributed by atoms with Gasteiger partial charge in [-0.15, -0.1) is 0 Å². The molecule has 7 nitrogen and oxygen atoms in total. The number of carbonyl (C=O) groups excluding carboxylic acids is 1. The van der Waals surface area contributed by atoms with Gasteiger partial charge in [-0.05, 0) is 73.7 Å². The molecular formula is C18H26KN4O3S. The van der Waals surface area contributed by atoms with E-state index in [1.807, 2.05) is 7.05 Å². The molecule has 1 saturated heterocycles. The monoisotopic (exact) mass is 417 g/mol. The van der Waals surface area contributed by atoms with Gasteiger partial charge in [0.15, 0.2) is 0 Å². The van der Waals surface area contributed by atoms with Crippen LogP contribution in [-0.2, 0) is 35.9 Å². The zero-order valence-corrected chi connectivity index (χ0v) is 20.0. The molecule has 1 fully saturated rings. The van der Waals surface area contributed by atoms with Crippen LogP contribution in [0.4, 0.5) is 10.5 Å². The van der Waals surface area contributed by atoms with Crippen LogP contribution in [0.5, 0.6) is 0 Å². The van der Waals surface area contributed by atoms with E-state index < -0.39 is 16.2 Å². The van der Waals surface area contributed by atoms with E-state index in [0.717, 1.165) is 57.3 Å². The number of hydrogen-bond acceptors (Lipinski definition) is 4. The molecule has 1 radical (unpaired) electrons. The number of amides is 2. The van der Waals surface area contributed by atoms with Crippen molar-refractivity contribution in [2.45, 2.75) is 38.5 Å². The van der Waals surface area contributed by atoms with Crippen molar-refractivity contribution >= 4 is 73.3 Å². The average molecular weight is 418 g/mol. The normalized spacial score (nSPS) is 19.0. The van der Waals surface area contributed by atoms with Crippen molar-refractivity contribution in [3.8, 4) is 0 Å². The molecule has 9 heteroatoms. The van der Waals surface area contributed by atoms with Gasteiger partial charge in [0, 0.05) is 76.7 Å². The third kappa shape index (κ3) is 4.95. The molecule has 1 aliphatic heterocycles. The van der Waals surface area contributed by atoms with Crippen molar-refractivity contribution in [2.75, 3.05) is 32.0 Å². The first-order chi connectivity index (χ1) is 12.4. The van der Waals surface area contributed by atoms with Crippen molar-refractivity contribution in [3.63, 3.8) is 0 Å². The summed E-state index contributed by atoms with van der Waals surface area (Å²) in [6.45, 7) is 2.09. The van der Waals surface area contributed by atoms with Crippen LogP contribution in [0.25, 0.3) is 0 Å². The fourth-order valence-electron chi connectivity index (χ4n) is 4.45. The smallest absolute Gasteiger partial charge is 0.307 e. The molecular weight excluding hydrogens is 391 g/mol. The molecule has 0 aromatic heterocycles. The SMILES string of the molecule is CN1CC(CNS(=O)(=O)NC(=O)Nc2c3c(cc4c2CCC4)CCC3)C1.[K]. The summed E-state index contributed by atoms with van der Waals surface area (Å²) in [4.78, 5) is 14.5. The van der Waals surface area contributed by atoms with Crippen LogP contribution < -0.4 is 14.8 Å². The van der Waals surface area contributed by atoms with E-state index in [2.05, 4.69) is 25.7 Å². The van der Waals surface area contributed by atoms with Gasteiger partial charge in [-0.1, -0.05) is 6.07 Å². The summed E-state index contributed by atoms with van der Waals surface area (Å²) in [6, 6.07) is 1.60. The number of nitrogens with one attached hydrogen (secondary N) is 3. The van der Waals surface area contributed by atoms with Gasteiger partial charge in [-0.2, -0.15) is 13.1 Å². The zero-order valence-electron chi connectivity index (χ0n) is 16.1. The summed E-state index contributed by atoms with van der Waals surface area (Å²) in [7, 11) is -1.85. The van der Waals surface area contributed by atoms with Gasteiger partial charge in [-0.25, -0.2) is 9.52 Å². The molecule has 4 rings (SSSR count). The van der Waals surface area contributed by atoms with Crippen LogP contribution in [0, 0.1) is 5.92 Å². The Hall–Kier alpha value is -0.00364. The Morgan fingerprint density at radius 3 is 2.26 bits per heavy atom. The van der Waals surface area contributed by atoms with Crippen LogP contribution >= 0.6 is 0 Å². The van der Waals surface area contributed by atoms with Crippen molar-refractivity contribution in [1.29, 1.82) is 0 Å². The molecule has 0 spiro atoms. The van der Waals surface area contributed by atoms with E-state index in [1.54, 1.807) is 0 Å². The maximum atomic E-state index is 12.4. The van der Waals surface area contributed by atoms with Crippen LogP contribution in [-0.4, -0.2) is 97.4 Å². The van der Waals surface area contributed by atoms with Gasteiger partial charge in [0.2, 0.25) is 0 Å². The first-order valence-corrected chi connectivity index (χ1v) is 10.8. The molecule has 1 heterocycles. The number of rotatable bonds is 5. The van der Waals surface area contributed by atoms with Gasteiger partial charge in [0.1, 0.15) is 0 Å². The standard InChI is InChI=1S/C18H26N4O3S.K/c1-22-10-12(11-22)9-19-26(24,25)21-18(23)20-17-15-6-2-4-13(15)8-14-5-3-7-16(14)17;/h8,12,19H,2-7,9-11H2,1H3,(H2,20,21,23);. The average Bonchev–Trinajstić information content (AvgIpc) is 3.18. The predicted octanol–water partition coefficient (Wildman–Crippen LogP) is 0.801.